The van der Waals surface area contributed by atoms with Crippen molar-refractivity contribution in [3.63, 3.8) is 0 Å². The summed E-state index contributed by atoms with van der Waals surface area (Å²) >= 11 is 7.88. The predicted octanol–water partition coefficient (Wildman–Crippen LogP) is 2.77. The number of benzene rings is 1. The summed E-state index contributed by atoms with van der Waals surface area (Å²) in [5.74, 6) is -0.944. The Morgan fingerprint density at radius 3 is 2.78 bits per heavy atom. The second-order valence-corrected chi connectivity index (χ2v) is 5.24. The number of hydrogen-bond acceptors (Lipinski definition) is 2. The van der Waals surface area contributed by atoms with Crippen molar-refractivity contribution >= 4 is 39.0 Å². The molecule has 0 aliphatic rings. The van der Waals surface area contributed by atoms with Crippen molar-refractivity contribution in [3.8, 4) is 0 Å². The SMILES string of the molecule is NC(=S)CCCCNC(=O)c1ccc(Br)cc1F. The Morgan fingerprint density at radius 2 is 2.17 bits per heavy atom. The molecule has 0 aliphatic carbocycles. The van der Waals surface area contributed by atoms with Crippen LogP contribution in [0.4, 0.5) is 4.39 Å². The average Bonchev–Trinajstić information content (AvgIpc) is 2.27. The summed E-state index contributed by atoms with van der Waals surface area (Å²) in [7, 11) is 0. The lowest BCUT2D eigenvalue weighted by molar-refractivity contribution is 0.0949. The maximum atomic E-state index is 13.5. The smallest absolute Gasteiger partial charge is 0.254 e. The molecule has 3 nitrogen and oxygen atoms in total. The fraction of sp³-hybridized carbons (Fsp3) is 0.333. The summed E-state index contributed by atoms with van der Waals surface area (Å²) in [4.78, 5) is 12.1. The lowest BCUT2D eigenvalue weighted by atomic mass is 10.2. The van der Waals surface area contributed by atoms with Crippen molar-refractivity contribution in [3.05, 3.63) is 34.1 Å². The number of nitrogens with one attached hydrogen (secondary N) is 1. The first-order chi connectivity index (χ1) is 8.50. The summed E-state index contributed by atoms with van der Waals surface area (Å²) in [6.07, 6.45) is 2.25. The van der Waals surface area contributed by atoms with Gasteiger partial charge in [-0.05, 0) is 37.5 Å². The van der Waals surface area contributed by atoms with Gasteiger partial charge in [0.1, 0.15) is 5.82 Å². The van der Waals surface area contributed by atoms with Gasteiger partial charge in [0.15, 0.2) is 0 Å². The van der Waals surface area contributed by atoms with Crippen LogP contribution in [-0.4, -0.2) is 17.4 Å². The standard InChI is InChI=1S/C12H14BrFN2OS/c13-8-4-5-9(10(14)7-8)12(17)16-6-2-1-3-11(15)18/h4-5,7H,1-3,6H2,(H2,15,18)(H,16,17). The largest absolute Gasteiger partial charge is 0.393 e. The van der Waals surface area contributed by atoms with Crippen LogP contribution in [0.5, 0.6) is 0 Å². The molecule has 0 radical (unpaired) electrons. The maximum Gasteiger partial charge on any atom is 0.254 e. The number of nitrogens with two attached hydrogens (primary N) is 1. The van der Waals surface area contributed by atoms with Gasteiger partial charge in [-0.3, -0.25) is 4.79 Å². The normalized spacial score (nSPS) is 10.1. The number of halogens is 2. The van der Waals surface area contributed by atoms with E-state index in [0.717, 1.165) is 12.8 Å². The zero-order chi connectivity index (χ0) is 13.5. The van der Waals surface area contributed by atoms with E-state index < -0.39 is 11.7 Å². The van der Waals surface area contributed by atoms with Crippen LogP contribution in [0.2, 0.25) is 0 Å². The van der Waals surface area contributed by atoms with Gasteiger partial charge in [0, 0.05) is 11.0 Å². The van der Waals surface area contributed by atoms with E-state index in [1.807, 2.05) is 0 Å². The Bertz CT molecular complexity index is 454. The molecule has 0 heterocycles. The number of thiocarbonyl (C=S) groups is 1. The van der Waals surface area contributed by atoms with Gasteiger partial charge in [0.05, 0.1) is 10.6 Å². The summed E-state index contributed by atoms with van der Waals surface area (Å²) in [5.41, 5.74) is 5.40. The van der Waals surface area contributed by atoms with Crippen molar-refractivity contribution in [2.45, 2.75) is 19.3 Å². The van der Waals surface area contributed by atoms with E-state index in [9.17, 15) is 9.18 Å². The molecule has 1 aromatic rings. The van der Waals surface area contributed by atoms with Gasteiger partial charge in [-0.15, -0.1) is 0 Å². The van der Waals surface area contributed by atoms with Crippen molar-refractivity contribution in [1.82, 2.24) is 5.32 Å². The molecule has 0 saturated heterocycles. The van der Waals surface area contributed by atoms with Crippen LogP contribution >= 0.6 is 28.1 Å². The van der Waals surface area contributed by atoms with E-state index in [4.69, 9.17) is 18.0 Å². The third kappa shape index (κ3) is 5.10. The highest BCUT2D eigenvalue weighted by atomic mass is 79.9. The van der Waals surface area contributed by atoms with Crippen LogP contribution in [0.1, 0.15) is 29.6 Å². The minimum Gasteiger partial charge on any atom is -0.393 e. The summed E-state index contributed by atoms with van der Waals surface area (Å²) < 4.78 is 14.1. The molecule has 0 spiro atoms. The van der Waals surface area contributed by atoms with E-state index in [1.54, 1.807) is 6.07 Å². The van der Waals surface area contributed by atoms with Crippen molar-refractivity contribution in [2.24, 2.45) is 5.73 Å². The molecule has 1 aromatic carbocycles. The second-order valence-electron chi connectivity index (χ2n) is 3.80. The highest BCUT2D eigenvalue weighted by Crippen LogP contribution is 2.15. The molecule has 6 heteroatoms. The molecule has 0 aliphatic heterocycles. The van der Waals surface area contributed by atoms with E-state index in [2.05, 4.69) is 21.2 Å². The minimum atomic E-state index is -0.537. The van der Waals surface area contributed by atoms with Crippen LogP contribution in [0.3, 0.4) is 0 Å². The topological polar surface area (TPSA) is 55.1 Å². The third-order valence-electron chi connectivity index (χ3n) is 2.31. The average molecular weight is 333 g/mol. The Kier molecular flexibility index (Phi) is 6.21. The van der Waals surface area contributed by atoms with Gasteiger partial charge in [-0.25, -0.2) is 4.39 Å². The fourth-order valence-electron chi connectivity index (χ4n) is 1.39. The Morgan fingerprint density at radius 1 is 1.44 bits per heavy atom. The van der Waals surface area contributed by atoms with Crippen LogP contribution in [0.25, 0.3) is 0 Å². The zero-order valence-corrected chi connectivity index (χ0v) is 12.1. The van der Waals surface area contributed by atoms with Crippen molar-refractivity contribution in [1.29, 1.82) is 0 Å². The predicted molar refractivity (Wildman–Crippen MR) is 77.1 cm³/mol. The first kappa shape index (κ1) is 15.0. The molecule has 0 atom stereocenters. The van der Waals surface area contributed by atoms with Gasteiger partial charge in [-0.1, -0.05) is 28.1 Å². The molecule has 0 fully saturated rings. The molecule has 0 aromatic heterocycles. The van der Waals surface area contributed by atoms with Crippen LogP contribution in [0, 0.1) is 5.82 Å². The first-order valence-corrected chi connectivity index (χ1v) is 6.72. The molecular weight excluding hydrogens is 319 g/mol. The monoisotopic (exact) mass is 332 g/mol. The number of hydrogen-bond donors (Lipinski definition) is 2. The molecular formula is C12H14BrFN2OS. The number of unbranched alkanes of at least 4 members (excludes halogenated alkanes) is 1. The van der Waals surface area contributed by atoms with Gasteiger partial charge < -0.3 is 11.1 Å². The van der Waals surface area contributed by atoms with E-state index >= 15 is 0 Å². The second kappa shape index (κ2) is 7.43. The molecule has 0 unspecified atom stereocenters. The first-order valence-electron chi connectivity index (χ1n) is 5.52. The summed E-state index contributed by atoms with van der Waals surface area (Å²) in [6.45, 7) is 0.483. The highest BCUT2D eigenvalue weighted by Gasteiger charge is 2.10. The lowest BCUT2D eigenvalue weighted by Gasteiger charge is -2.06. The molecule has 0 saturated carbocycles. The van der Waals surface area contributed by atoms with Crippen LogP contribution in [-0.2, 0) is 0 Å². The molecule has 1 amide bonds. The van der Waals surface area contributed by atoms with Crippen molar-refractivity contribution < 1.29 is 9.18 Å². The van der Waals surface area contributed by atoms with Crippen molar-refractivity contribution in [2.75, 3.05) is 6.54 Å². The maximum absolute atomic E-state index is 13.5. The molecule has 3 N–H and O–H groups in total. The van der Waals surface area contributed by atoms with Crippen LogP contribution in [0.15, 0.2) is 22.7 Å². The quantitative estimate of drug-likeness (QED) is 0.622. The molecule has 0 bridgehead atoms. The van der Waals surface area contributed by atoms with Gasteiger partial charge in [0.25, 0.3) is 5.91 Å². The van der Waals surface area contributed by atoms with E-state index in [0.29, 0.717) is 22.4 Å². The summed E-state index contributed by atoms with van der Waals surface area (Å²) in [6, 6.07) is 4.34. The Labute approximate surface area is 119 Å². The molecule has 98 valence electrons. The van der Waals surface area contributed by atoms with Gasteiger partial charge in [-0.2, -0.15) is 0 Å². The fourth-order valence-corrected chi connectivity index (χ4v) is 1.87. The number of carbonyl (C=O) groups is 1. The van der Waals surface area contributed by atoms with E-state index in [1.165, 1.54) is 12.1 Å². The third-order valence-corrected chi connectivity index (χ3v) is 3.01. The highest BCUT2D eigenvalue weighted by molar-refractivity contribution is 9.10. The number of amides is 1. The number of carbonyl (C=O) groups excluding carboxylic acids is 1. The minimum absolute atomic E-state index is 0.0487. The van der Waals surface area contributed by atoms with E-state index in [-0.39, 0.29) is 5.56 Å². The van der Waals surface area contributed by atoms with Crippen LogP contribution < -0.4 is 11.1 Å². The summed E-state index contributed by atoms with van der Waals surface area (Å²) in [5, 5.41) is 2.65. The Hall–Kier alpha value is -1.01. The van der Waals surface area contributed by atoms with Gasteiger partial charge in [0.2, 0.25) is 0 Å². The lowest BCUT2D eigenvalue weighted by Crippen LogP contribution is -2.25. The Balaban J connectivity index is 2.39. The molecule has 18 heavy (non-hydrogen) atoms. The zero-order valence-electron chi connectivity index (χ0n) is 9.71. The molecule has 1 rings (SSSR count). The number of rotatable bonds is 6. The van der Waals surface area contributed by atoms with Gasteiger partial charge >= 0.3 is 0 Å².